The molecule has 1 rings (SSSR count). The fourth-order valence-corrected chi connectivity index (χ4v) is 3.94. The topological polar surface area (TPSA) is 0 Å². The molecule has 1 heteroatoms. The van der Waals surface area contributed by atoms with Gasteiger partial charge >= 0.3 is 0 Å². The molecule has 0 aromatic rings. The summed E-state index contributed by atoms with van der Waals surface area (Å²) in [6.07, 6.45) is 10.4. The smallest absolute Gasteiger partial charge is 0.0424 e. The summed E-state index contributed by atoms with van der Waals surface area (Å²) < 4.78 is 0. The Kier molecular flexibility index (Phi) is 5.82. The van der Waals surface area contributed by atoms with Crippen LogP contribution in [0.2, 0.25) is 0 Å². The highest BCUT2D eigenvalue weighted by Crippen LogP contribution is 2.46. The number of alkyl halides is 1. The minimum atomic E-state index is -0.0272. The van der Waals surface area contributed by atoms with Gasteiger partial charge in [0.15, 0.2) is 0 Å². The molecule has 2 atom stereocenters. The normalized spacial score (nSPS) is 37.9. The van der Waals surface area contributed by atoms with Crippen LogP contribution in [-0.4, -0.2) is 4.87 Å². The van der Waals surface area contributed by atoms with E-state index in [4.69, 9.17) is 11.6 Å². The van der Waals surface area contributed by atoms with E-state index in [0.29, 0.717) is 10.8 Å². The molecule has 2 unspecified atom stereocenters. The maximum Gasteiger partial charge on any atom is 0.0424 e. The Balaban J connectivity index is 2.83. The van der Waals surface area contributed by atoms with Crippen molar-refractivity contribution in [3.8, 4) is 0 Å². The zero-order valence-electron chi connectivity index (χ0n) is 14.1. The molecule has 0 aliphatic heterocycles. The van der Waals surface area contributed by atoms with Gasteiger partial charge in [-0.25, -0.2) is 0 Å². The van der Waals surface area contributed by atoms with Crippen LogP contribution >= 0.6 is 11.6 Å². The predicted molar refractivity (Wildman–Crippen MR) is 87.9 cm³/mol. The standard InChI is InChI=1S/C18H35Cl/c1-15(2)17(5)11-9-7-8-10-16(3,4)12-13-18(6,19)14-17/h15H,7-14H2,1-6H3. The van der Waals surface area contributed by atoms with Crippen molar-refractivity contribution >= 4 is 11.6 Å². The second kappa shape index (κ2) is 6.37. The van der Waals surface area contributed by atoms with Crippen molar-refractivity contribution in [3.63, 3.8) is 0 Å². The minimum absolute atomic E-state index is 0.0272. The van der Waals surface area contributed by atoms with Gasteiger partial charge < -0.3 is 0 Å². The molecule has 0 heterocycles. The molecule has 114 valence electrons. The molecule has 0 spiro atoms. The predicted octanol–water partition coefficient (Wildman–Crippen LogP) is 6.81. The molecule has 0 bridgehead atoms. The molecular formula is C18H35Cl. The number of hydrogen-bond donors (Lipinski definition) is 0. The van der Waals surface area contributed by atoms with Crippen molar-refractivity contribution in [1.82, 2.24) is 0 Å². The summed E-state index contributed by atoms with van der Waals surface area (Å²) in [4.78, 5) is -0.0272. The first-order valence-corrected chi connectivity index (χ1v) is 8.63. The number of rotatable bonds is 1. The van der Waals surface area contributed by atoms with Gasteiger partial charge in [-0.1, -0.05) is 53.9 Å². The fourth-order valence-electron chi connectivity index (χ4n) is 3.54. The van der Waals surface area contributed by atoms with Crippen LogP contribution in [0.3, 0.4) is 0 Å². The molecule has 0 saturated heterocycles. The van der Waals surface area contributed by atoms with Crippen LogP contribution in [0, 0.1) is 16.7 Å². The van der Waals surface area contributed by atoms with Crippen LogP contribution in [0.1, 0.15) is 92.9 Å². The van der Waals surface area contributed by atoms with E-state index in [0.717, 1.165) is 18.8 Å². The van der Waals surface area contributed by atoms with Crippen molar-refractivity contribution in [2.75, 3.05) is 0 Å². The highest BCUT2D eigenvalue weighted by atomic mass is 35.5. The molecule has 0 amide bonds. The minimum Gasteiger partial charge on any atom is -0.120 e. The molecule has 0 N–H and O–H groups in total. The summed E-state index contributed by atoms with van der Waals surface area (Å²) in [7, 11) is 0. The maximum absolute atomic E-state index is 6.88. The van der Waals surface area contributed by atoms with Gasteiger partial charge in [0.2, 0.25) is 0 Å². The molecule has 19 heavy (non-hydrogen) atoms. The second-order valence-electron chi connectivity index (χ2n) is 8.62. The Morgan fingerprint density at radius 2 is 1.37 bits per heavy atom. The lowest BCUT2D eigenvalue weighted by Crippen LogP contribution is -2.33. The van der Waals surface area contributed by atoms with E-state index in [2.05, 4.69) is 41.5 Å². The average molecular weight is 287 g/mol. The van der Waals surface area contributed by atoms with E-state index < -0.39 is 0 Å². The van der Waals surface area contributed by atoms with Crippen molar-refractivity contribution in [1.29, 1.82) is 0 Å². The SMILES string of the molecule is CC(C)C1(C)CCCCCC(C)(C)CCC(C)(Cl)C1. The third-order valence-corrected chi connectivity index (χ3v) is 5.91. The fraction of sp³-hybridized carbons (Fsp3) is 1.00. The van der Waals surface area contributed by atoms with Gasteiger partial charge in [-0.15, -0.1) is 11.6 Å². The maximum atomic E-state index is 6.88. The Morgan fingerprint density at radius 1 is 0.789 bits per heavy atom. The summed E-state index contributed by atoms with van der Waals surface area (Å²) in [5.41, 5.74) is 0.875. The van der Waals surface area contributed by atoms with Crippen LogP contribution in [-0.2, 0) is 0 Å². The van der Waals surface area contributed by atoms with Gasteiger partial charge in [-0.3, -0.25) is 0 Å². The Hall–Kier alpha value is 0.290. The Labute approximate surface area is 126 Å². The largest absolute Gasteiger partial charge is 0.120 e. The third kappa shape index (κ3) is 5.66. The van der Waals surface area contributed by atoms with E-state index in [1.54, 1.807) is 0 Å². The molecule has 0 aromatic heterocycles. The number of hydrogen-bond acceptors (Lipinski definition) is 0. The third-order valence-electron chi connectivity index (χ3n) is 5.59. The van der Waals surface area contributed by atoms with E-state index in [-0.39, 0.29) is 4.87 Å². The highest BCUT2D eigenvalue weighted by Gasteiger charge is 2.37. The lowest BCUT2D eigenvalue weighted by molar-refractivity contribution is 0.150. The van der Waals surface area contributed by atoms with Gasteiger partial charge in [-0.2, -0.15) is 0 Å². The van der Waals surface area contributed by atoms with E-state index in [1.807, 2.05) is 0 Å². The molecule has 1 aliphatic rings. The summed E-state index contributed by atoms with van der Waals surface area (Å²) >= 11 is 6.88. The van der Waals surface area contributed by atoms with Crippen molar-refractivity contribution < 1.29 is 0 Å². The van der Waals surface area contributed by atoms with Crippen LogP contribution in [0.15, 0.2) is 0 Å². The Bertz CT molecular complexity index is 277. The van der Waals surface area contributed by atoms with Crippen molar-refractivity contribution in [2.45, 2.75) is 97.8 Å². The molecule has 1 fully saturated rings. The van der Waals surface area contributed by atoms with Crippen LogP contribution < -0.4 is 0 Å². The molecule has 1 aliphatic carbocycles. The summed E-state index contributed by atoms with van der Waals surface area (Å²) in [6, 6.07) is 0. The first-order valence-electron chi connectivity index (χ1n) is 8.25. The zero-order chi connectivity index (χ0) is 14.7. The van der Waals surface area contributed by atoms with Crippen LogP contribution in [0.5, 0.6) is 0 Å². The Morgan fingerprint density at radius 3 is 1.95 bits per heavy atom. The molecule has 0 nitrogen and oxygen atoms in total. The van der Waals surface area contributed by atoms with Gasteiger partial charge in [-0.05, 0) is 55.8 Å². The second-order valence-corrected chi connectivity index (χ2v) is 9.54. The van der Waals surface area contributed by atoms with E-state index in [1.165, 1.54) is 38.5 Å². The number of halogens is 1. The molecule has 0 aromatic carbocycles. The summed E-state index contributed by atoms with van der Waals surface area (Å²) in [5.74, 6) is 0.722. The van der Waals surface area contributed by atoms with E-state index >= 15 is 0 Å². The summed E-state index contributed by atoms with van der Waals surface area (Å²) in [5, 5.41) is 0. The van der Waals surface area contributed by atoms with Crippen LogP contribution in [0.4, 0.5) is 0 Å². The van der Waals surface area contributed by atoms with Crippen molar-refractivity contribution in [3.05, 3.63) is 0 Å². The van der Waals surface area contributed by atoms with Gasteiger partial charge in [0.25, 0.3) is 0 Å². The monoisotopic (exact) mass is 286 g/mol. The average Bonchev–Trinajstić information content (AvgIpc) is 2.26. The van der Waals surface area contributed by atoms with Gasteiger partial charge in [0.1, 0.15) is 0 Å². The lowest BCUT2D eigenvalue weighted by Gasteiger charge is -2.40. The van der Waals surface area contributed by atoms with Gasteiger partial charge in [0.05, 0.1) is 0 Å². The van der Waals surface area contributed by atoms with Crippen LogP contribution in [0.25, 0.3) is 0 Å². The van der Waals surface area contributed by atoms with Gasteiger partial charge in [0, 0.05) is 4.87 Å². The lowest BCUT2D eigenvalue weighted by atomic mass is 9.69. The van der Waals surface area contributed by atoms with Crippen molar-refractivity contribution in [2.24, 2.45) is 16.7 Å². The first-order chi connectivity index (χ1) is 8.56. The molecule has 0 radical (unpaired) electrons. The molecular weight excluding hydrogens is 252 g/mol. The zero-order valence-corrected chi connectivity index (χ0v) is 14.9. The first kappa shape index (κ1) is 17.3. The molecule has 1 saturated carbocycles. The quantitative estimate of drug-likeness (QED) is 0.465. The van der Waals surface area contributed by atoms with E-state index in [9.17, 15) is 0 Å². The summed E-state index contributed by atoms with van der Waals surface area (Å²) in [6.45, 7) is 14.3. The highest BCUT2D eigenvalue weighted by molar-refractivity contribution is 6.23.